The minimum atomic E-state index is -5.08. The van der Waals surface area contributed by atoms with Gasteiger partial charge in [-0.25, -0.2) is 9.59 Å². The number of nitrogens with one attached hydrogen (secondary N) is 2. The Morgan fingerprint density at radius 1 is 1.10 bits per heavy atom. The number of guanidine groups is 1. The standard InChI is InChI=1S/C29H33N5O3.2C2HF3O2/c1-2-31-27(30)32-17-6-7-20-18(12-17)19-13-29(36)22-11-16-5-8-21(35)25-23(16)28(29,26(37-25)24(19)33-20)9-10-34(22)14-15-3-4-15;2*3-2(4,5)1(6)7/h5-8,12,15,22,26,33,35-36H,2-4,9-11,13-14H2,1H3,(H3,30,31,32);2*(H,6,7)/t22-,26+,28+,29-;;/m1../s1. The molecule has 0 amide bonds. The van der Waals surface area contributed by atoms with Gasteiger partial charge in [0.15, 0.2) is 23.6 Å². The molecule has 2 aliphatic heterocycles. The number of nitrogens with zero attached hydrogens (tertiary/aromatic N) is 2. The summed E-state index contributed by atoms with van der Waals surface area (Å²) in [6.45, 7) is 4.56. The molecule has 2 bridgehead atoms. The summed E-state index contributed by atoms with van der Waals surface area (Å²) in [5, 5.41) is 42.3. The Balaban J connectivity index is 0.000000273. The molecule has 8 rings (SSSR count). The van der Waals surface area contributed by atoms with E-state index in [1.54, 1.807) is 6.07 Å². The summed E-state index contributed by atoms with van der Waals surface area (Å²) in [6.07, 6.45) is -5.82. The number of nitrogens with two attached hydrogens (primary N) is 1. The average molecular weight is 728 g/mol. The first-order chi connectivity index (χ1) is 23.8. The van der Waals surface area contributed by atoms with E-state index in [-0.39, 0.29) is 17.9 Å². The molecule has 2 aromatic carbocycles. The molecule has 5 aliphatic rings. The van der Waals surface area contributed by atoms with Crippen molar-refractivity contribution in [3.63, 3.8) is 0 Å². The summed E-state index contributed by atoms with van der Waals surface area (Å²) in [5.41, 5.74) is 10.7. The third-order valence-corrected chi connectivity index (χ3v) is 10.2. The Morgan fingerprint density at radius 3 is 2.33 bits per heavy atom. The van der Waals surface area contributed by atoms with Crippen molar-refractivity contribution in [2.45, 2.75) is 74.5 Å². The van der Waals surface area contributed by atoms with Crippen molar-refractivity contribution in [2.75, 3.05) is 25.0 Å². The molecule has 2 fully saturated rings. The number of halogens is 6. The number of carbonyl (C=O) groups is 2. The van der Waals surface area contributed by atoms with Gasteiger partial charge in [0.2, 0.25) is 0 Å². The van der Waals surface area contributed by atoms with Crippen LogP contribution in [0.3, 0.4) is 0 Å². The van der Waals surface area contributed by atoms with Gasteiger partial charge >= 0.3 is 24.3 Å². The first-order valence-corrected chi connectivity index (χ1v) is 16.1. The number of anilines is 1. The van der Waals surface area contributed by atoms with Gasteiger partial charge in [0.1, 0.15) is 0 Å². The number of likely N-dealkylation sites (tertiary alicyclic amines) is 1. The molecular weight excluding hydrogens is 692 g/mol. The third-order valence-electron chi connectivity index (χ3n) is 10.2. The number of fused-ring (bicyclic) bond motifs is 4. The van der Waals surface area contributed by atoms with Crippen LogP contribution in [0.15, 0.2) is 35.3 Å². The van der Waals surface area contributed by atoms with E-state index in [0.29, 0.717) is 24.7 Å². The van der Waals surface area contributed by atoms with Crippen LogP contribution in [-0.4, -0.2) is 91.8 Å². The Labute approximate surface area is 285 Å². The van der Waals surface area contributed by atoms with Crippen LogP contribution in [-0.2, 0) is 27.8 Å². The molecular formula is C33H35F6N5O7. The van der Waals surface area contributed by atoms with Gasteiger partial charge in [0.25, 0.3) is 0 Å². The number of phenols is 1. The SMILES string of the molecule is CCN=C(N)Nc1ccc2[nH]c3c(c2c1)C[C@@]1(O)[C@H]2Cc4ccc(O)c5c4[C@@]1(CCN2CC1CC1)[C@H]3O5.O=C(O)C(F)(F)F.O=C(O)C(F)(F)F. The second-order valence-electron chi connectivity index (χ2n) is 13.3. The van der Waals surface area contributed by atoms with E-state index in [9.17, 15) is 36.6 Å². The van der Waals surface area contributed by atoms with Crippen molar-refractivity contribution in [3.05, 3.63) is 52.7 Å². The molecule has 51 heavy (non-hydrogen) atoms. The molecule has 0 unspecified atom stereocenters. The van der Waals surface area contributed by atoms with Gasteiger partial charge in [-0.2, -0.15) is 26.3 Å². The largest absolute Gasteiger partial charge is 0.504 e. The number of hydrogen-bond donors (Lipinski definition) is 7. The highest BCUT2D eigenvalue weighted by atomic mass is 19.4. The predicted octanol–water partition coefficient (Wildman–Crippen LogP) is 4.59. The topological polar surface area (TPSA) is 194 Å². The molecule has 1 saturated heterocycles. The quantitative estimate of drug-likeness (QED) is 0.114. The van der Waals surface area contributed by atoms with Gasteiger partial charge in [-0.15, -0.1) is 0 Å². The molecule has 3 aliphatic carbocycles. The van der Waals surface area contributed by atoms with Crippen molar-refractivity contribution >= 4 is 34.5 Å². The summed E-state index contributed by atoms with van der Waals surface area (Å²) in [7, 11) is 0. The number of aliphatic carboxylic acids is 2. The predicted molar refractivity (Wildman–Crippen MR) is 170 cm³/mol. The number of ether oxygens (including phenoxy) is 1. The highest BCUT2D eigenvalue weighted by Gasteiger charge is 2.72. The van der Waals surface area contributed by atoms with Crippen LogP contribution in [0.2, 0.25) is 0 Å². The number of carboxylic acid groups (broad SMARTS) is 2. The number of phenolic OH excluding ortho intramolecular Hbond substituents is 1. The number of aliphatic imine (C=N–C) groups is 1. The van der Waals surface area contributed by atoms with Gasteiger partial charge in [0, 0.05) is 47.7 Å². The normalized spacial score (nSPS) is 26.1. The fraction of sp³-hybridized carbons (Fsp3) is 0.485. The van der Waals surface area contributed by atoms with E-state index >= 15 is 0 Å². The first kappa shape index (κ1) is 36.1. The smallest absolute Gasteiger partial charge is 0.490 e. The van der Waals surface area contributed by atoms with Gasteiger partial charge in [-0.1, -0.05) is 6.07 Å². The van der Waals surface area contributed by atoms with Gasteiger partial charge < -0.3 is 41.2 Å². The maximum absolute atomic E-state index is 12.9. The molecule has 3 aromatic rings. The molecule has 8 N–H and O–H groups in total. The number of rotatable bonds is 4. The monoisotopic (exact) mass is 727 g/mol. The van der Waals surface area contributed by atoms with Crippen LogP contribution in [0.25, 0.3) is 10.9 Å². The second kappa shape index (κ2) is 12.5. The third kappa shape index (κ3) is 6.17. The molecule has 1 saturated carbocycles. The zero-order valence-corrected chi connectivity index (χ0v) is 27.0. The molecule has 4 atom stereocenters. The molecule has 1 aromatic heterocycles. The zero-order chi connectivity index (χ0) is 37.3. The van der Waals surface area contributed by atoms with E-state index in [1.807, 2.05) is 13.0 Å². The molecule has 276 valence electrons. The van der Waals surface area contributed by atoms with E-state index < -0.39 is 35.3 Å². The summed E-state index contributed by atoms with van der Waals surface area (Å²) in [6, 6.07) is 9.97. The fourth-order valence-electron chi connectivity index (χ4n) is 8.06. The highest BCUT2D eigenvalue weighted by molar-refractivity contribution is 5.96. The van der Waals surface area contributed by atoms with Crippen LogP contribution in [0.1, 0.15) is 54.7 Å². The number of carboxylic acids is 2. The lowest BCUT2D eigenvalue weighted by atomic mass is 9.49. The van der Waals surface area contributed by atoms with E-state index in [0.717, 1.165) is 65.3 Å². The molecule has 3 heterocycles. The average Bonchev–Trinajstić information content (AvgIpc) is 3.68. The van der Waals surface area contributed by atoms with Gasteiger partial charge in [-0.3, -0.25) is 9.89 Å². The molecule has 12 nitrogen and oxygen atoms in total. The fourth-order valence-corrected chi connectivity index (χ4v) is 8.06. The number of benzene rings is 2. The van der Waals surface area contributed by atoms with E-state index in [4.69, 9.17) is 30.3 Å². The number of aromatic hydroxyl groups is 1. The van der Waals surface area contributed by atoms with Crippen molar-refractivity contribution in [1.29, 1.82) is 0 Å². The Bertz CT molecular complexity index is 1880. The van der Waals surface area contributed by atoms with Crippen LogP contribution < -0.4 is 15.8 Å². The summed E-state index contributed by atoms with van der Waals surface area (Å²) in [5.74, 6) is -3.65. The lowest BCUT2D eigenvalue weighted by Crippen LogP contribution is -2.74. The summed E-state index contributed by atoms with van der Waals surface area (Å²) in [4.78, 5) is 28.3. The Hall–Kier alpha value is -4.71. The van der Waals surface area contributed by atoms with Crippen LogP contribution in [0.5, 0.6) is 11.5 Å². The van der Waals surface area contributed by atoms with Crippen LogP contribution in [0, 0.1) is 5.92 Å². The minimum Gasteiger partial charge on any atom is -0.504 e. The van der Waals surface area contributed by atoms with E-state index in [1.165, 1.54) is 18.4 Å². The molecule has 1 spiro atoms. The lowest BCUT2D eigenvalue weighted by Gasteiger charge is -2.62. The van der Waals surface area contributed by atoms with E-state index in [2.05, 4.69) is 38.4 Å². The first-order valence-electron chi connectivity index (χ1n) is 16.1. The number of aliphatic hydroxyl groups is 1. The maximum atomic E-state index is 12.9. The molecule has 18 heteroatoms. The Kier molecular flexibility index (Phi) is 8.85. The molecule has 0 radical (unpaired) electrons. The van der Waals surface area contributed by atoms with Crippen molar-refractivity contribution in [1.82, 2.24) is 9.88 Å². The highest BCUT2D eigenvalue weighted by Crippen LogP contribution is 2.69. The van der Waals surface area contributed by atoms with Crippen LogP contribution in [0.4, 0.5) is 32.0 Å². The summed E-state index contributed by atoms with van der Waals surface area (Å²) >= 11 is 0. The zero-order valence-electron chi connectivity index (χ0n) is 27.0. The number of aromatic nitrogens is 1. The maximum Gasteiger partial charge on any atom is 0.490 e. The Morgan fingerprint density at radius 2 is 1.75 bits per heavy atom. The second-order valence-corrected chi connectivity index (χ2v) is 13.3. The number of hydrogen-bond acceptors (Lipinski definition) is 7. The number of aromatic amines is 1. The number of alkyl halides is 6. The van der Waals surface area contributed by atoms with Gasteiger partial charge in [-0.05, 0) is 80.5 Å². The van der Waals surface area contributed by atoms with Crippen molar-refractivity contribution in [3.8, 4) is 11.5 Å². The van der Waals surface area contributed by atoms with Crippen molar-refractivity contribution < 1.29 is 61.1 Å². The lowest BCUT2D eigenvalue weighted by molar-refractivity contribution is -0.193. The number of piperidine rings is 1. The minimum absolute atomic E-state index is 0.0164. The number of H-pyrrole nitrogens is 1. The van der Waals surface area contributed by atoms with Crippen molar-refractivity contribution in [2.24, 2.45) is 16.6 Å². The van der Waals surface area contributed by atoms with Gasteiger partial charge in [0.05, 0.1) is 16.7 Å². The van der Waals surface area contributed by atoms with Crippen LogP contribution >= 0.6 is 0 Å². The summed E-state index contributed by atoms with van der Waals surface area (Å²) < 4.78 is 70.1.